The number of hydrogen-bond donors (Lipinski definition) is 2. The molecule has 0 saturated heterocycles. The number of rotatable bonds is 2. The summed E-state index contributed by atoms with van der Waals surface area (Å²) in [6, 6.07) is 3.91. The lowest BCUT2D eigenvalue weighted by Gasteiger charge is -2.26. The van der Waals surface area contributed by atoms with E-state index in [2.05, 4.69) is 0 Å². The summed E-state index contributed by atoms with van der Waals surface area (Å²) in [6.45, 7) is 0.614. The van der Waals surface area contributed by atoms with Gasteiger partial charge in [-0.2, -0.15) is 13.2 Å². The maximum absolute atomic E-state index is 12.4. The molecule has 1 rings (SSSR count). The molecule has 0 spiro atoms. The van der Waals surface area contributed by atoms with Gasteiger partial charge in [0.05, 0.1) is 5.56 Å². The van der Waals surface area contributed by atoms with E-state index in [9.17, 15) is 23.1 Å². The van der Waals surface area contributed by atoms with Crippen LogP contribution in [-0.2, 0) is 5.60 Å². The van der Waals surface area contributed by atoms with Gasteiger partial charge >= 0.3 is 12.1 Å². The molecule has 88 valence electrons. The number of carboxylic acid groups (broad SMARTS) is 1. The zero-order valence-corrected chi connectivity index (χ0v) is 8.25. The molecule has 6 heteroatoms. The van der Waals surface area contributed by atoms with Crippen molar-refractivity contribution in [3.63, 3.8) is 0 Å². The lowest BCUT2D eigenvalue weighted by Crippen LogP contribution is -2.39. The first-order valence-electron chi connectivity index (χ1n) is 4.29. The first kappa shape index (κ1) is 12.5. The minimum atomic E-state index is -4.81. The van der Waals surface area contributed by atoms with E-state index in [1.165, 1.54) is 0 Å². The Balaban J connectivity index is 3.11. The van der Waals surface area contributed by atoms with E-state index < -0.39 is 23.3 Å². The smallest absolute Gasteiger partial charge is 0.421 e. The Morgan fingerprint density at radius 2 is 1.62 bits per heavy atom. The average molecular weight is 234 g/mol. The molecule has 0 fully saturated rings. The third kappa shape index (κ3) is 2.16. The predicted molar refractivity (Wildman–Crippen MR) is 49.0 cm³/mol. The van der Waals surface area contributed by atoms with Crippen LogP contribution in [0.3, 0.4) is 0 Å². The molecule has 1 atom stereocenters. The van der Waals surface area contributed by atoms with Crippen molar-refractivity contribution in [2.75, 3.05) is 0 Å². The molecule has 0 aliphatic rings. The van der Waals surface area contributed by atoms with Crippen molar-refractivity contribution in [2.24, 2.45) is 0 Å². The number of aromatic carboxylic acids is 1. The summed E-state index contributed by atoms with van der Waals surface area (Å²) in [6.07, 6.45) is -4.81. The second-order valence-corrected chi connectivity index (χ2v) is 3.45. The van der Waals surface area contributed by atoms with Crippen LogP contribution in [0.1, 0.15) is 22.8 Å². The van der Waals surface area contributed by atoms with Gasteiger partial charge in [-0.3, -0.25) is 0 Å². The summed E-state index contributed by atoms with van der Waals surface area (Å²) in [5.74, 6) is -1.24. The maximum Gasteiger partial charge on any atom is 0.421 e. The van der Waals surface area contributed by atoms with E-state index >= 15 is 0 Å². The van der Waals surface area contributed by atoms with E-state index in [0.29, 0.717) is 6.92 Å². The van der Waals surface area contributed by atoms with Crippen LogP contribution in [0.2, 0.25) is 0 Å². The summed E-state index contributed by atoms with van der Waals surface area (Å²) in [5.41, 5.74) is -3.52. The highest BCUT2D eigenvalue weighted by Gasteiger charge is 2.51. The largest absolute Gasteiger partial charge is 0.478 e. The van der Waals surface area contributed by atoms with Gasteiger partial charge in [0, 0.05) is 0 Å². The fourth-order valence-corrected chi connectivity index (χ4v) is 1.10. The van der Waals surface area contributed by atoms with Gasteiger partial charge < -0.3 is 10.2 Å². The first-order valence-corrected chi connectivity index (χ1v) is 4.29. The van der Waals surface area contributed by atoms with E-state index in [1.54, 1.807) is 0 Å². The molecule has 1 aromatic rings. The number of alkyl halides is 3. The van der Waals surface area contributed by atoms with Gasteiger partial charge in [0.1, 0.15) is 0 Å². The molecular formula is C10H9F3O3. The number of aliphatic hydroxyl groups is 1. The van der Waals surface area contributed by atoms with Crippen molar-refractivity contribution in [2.45, 2.75) is 18.7 Å². The molecule has 0 aliphatic heterocycles. The van der Waals surface area contributed by atoms with Gasteiger partial charge in [0.2, 0.25) is 0 Å². The highest BCUT2D eigenvalue weighted by molar-refractivity contribution is 5.87. The van der Waals surface area contributed by atoms with Crippen LogP contribution in [0, 0.1) is 0 Å². The molecule has 16 heavy (non-hydrogen) atoms. The van der Waals surface area contributed by atoms with Crippen molar-refractivity contribution in [3.05, 3.63) is 35.4 Å². The Morgan fingerprint density at radius 1 is 1.19 bits per heavy atom. The second-order valence-electron chi connectivity index (χ2n) is 3.45. The average Bonchev–Trinajstić information content (AvgIpc) is 2.16. The number of carbonyl (C=O) groups is 1. The van der Waals surface area contributed by atoms with Crippen LogP contribution in [0.5, 0.6) is 0 Å². The van der Waals surface area contributed by atoms with Crippen LogP contribution >= 0.6 is 0 Å². The van der Waals surface area contributed by atoms with Gasteiger partial charge in [-0.05, 0) is 24.6 Å². The van der Waals surface area contributed by atoms with Crippen LogP contribution in [0.15, 0.2) is 24.3 Å². The zero-order valence-electron chi connectivity index (χ0n) is 8.25. The number of carboxylic acids is 1. The molecule has 0 unspecified atom stereocenters. The molecule has 2 N–H and O–H groups in total. The number of benzene rings is 1. The fraction of sp³-hybridized carbons (Fsp3) is 0.300. The Kier molecular flexibility index (Phi) is 2.96. The normalized spacial score (nSPS) is 15.6. The van der Waals surface area contributed by atoms with Gasteiger partial charge in [0.15, 0.2) is 5.60 Å². The van der Waals surface area contributed by atoms with E-state index in [-0.39, 0.29) is 5.56 Å². The van der Waals surface area contributed by atoms with Gasteiger partial charge in [0.25, 0.3) is 0 Å². The van der Waals surface area contributed by atoms with Gasteiger partial charge in [-0.15, -0.1) is 0 Å². The van der Waals surface area contributed by atoms with Gasteiger partial charge in [-0.1, -0.05) is 12.1 Å². The van der Waals surface area contributed by atoms with E-state index in [4.69, 9.17) is 5.11 Å². The van der Waals surface area contributed by atoms with Crippen molar-refractivity contribution >= 4 is 5.97 Å². The van der Waals surface area contributed by atoms with Gasteiger partial charge in [-0.25, -0.2) is 4.79 Å². The zero-order chi connectivity index (χ0) is 12.6. The summed E-state index contributed by atoms with van der Waals surface area (Å²) >= 11 is 0. The molecule has 0 aliphatic carbocycles. The van der Waals surface area contributed by atoms with Crippen LogP contribution < -0.4 is 0 Å². The lowest BCUT2D eigenvalue weighted by atomic mass is 9.94. The Hall–Kier alpha value is -1.56. The summed E-state index contributed by atoms with van der Waals surface area (Å²) < 4.78 is 37.2. The molecule has 0 amide bonds. The minimum Gasteiger partial charge on any atom is -0.478 e. The maximum atomic E-state index is 12.4. The summed E-state index contributed by atoms with van der Waals surface area (Å²) in [7, 11) is 0. The molecule has 1 aromatic carbocycles. The molecular weight excluding hydrogens is 225 g/mol. The van der Waals surface area contributed by atoms with E-state index in [0.717, 1.165) is 24.3 Å². The Bertz CT molecular complexity index is 393. The first-order chi connectivity index (χ1) is 7.16. The lowest BCUT2D eigenvalue weighted by molar-refractivity contribution is -0.258. The predicted octanol–water partition coefficient (Wildman–Crippen LogP) is 2.15. The second kappa shape index (κ2) is 3.79. The third-order valence-corrected chi connectivity index (χ3v) is 2.25. The van der Waals surface area contributed by atoms with Crippen molar-refractivity contribution < 1.29 is 28.2 Å². The SMILES string of the molecule is C[C@@](O)(c1ccc(C(=O)O)cc1)C(F)(F)F. The number of halogens is 3. The highest BCUT2D eigenvalue weighted by Crippen LogP contribution is 2.38. The Morgan fingerprint density at radius 3 is 1.94 bits per heavy atom. The van der Waals surface area contributed by atoms with Crippen LogP contribution in [0.4, 0.5) is 13.2 Å². The van der Waals surface area contributed by atoms with Crippen molar-refractivity contribution in [3.8, 4) is 0 Å². The molecule has 0 saturated carbocycles. The summed E-state index contributed by atoms with van der Waals surface area (Å²) in [4.78, 5) is 10.5. The standard InChI is InChI=1S/C10H9F3O3/c1-9(16,10(11,12)13)7-4-2-6(3-5-7)8(14)15/h2-5,16H,1H3,(H,14,15)/t9-/m1/s1. The summed E-state index contributed by atoms with van der Waals surface area (Å²) in [5, 5.41) is 17.8. The molecule has 0 radical (unpaired) electrons. The minimum absolute atomic E-state index is 0.137. The van der Waals surface area contributed by atoms with E-state index in [1.807, 2.05) is 0 Å². The van der Waals surface area contributed by atoms with Crippen LogP contribution in [0.25, 0.3) is 0 Å². The third-order valence-electron chi connectivity index (χ3n) is 2.25. The fourth-order valence-electron chi connectivity index (χ4n) is 1.10. The Labute approximate surface area is 89.1 Å². The molecule has 0 bridgehead atoms. The van der Waals surface area contributed by atoms with Crippen LogP contribution in [-0.4, -0.2) is 22.4 Å². The monoisotopic (exact) mass is 234 g/mol. The highest BCUT2D eigenvalue weighted by atomic mass is 19.4. The van der Waals surface area contributed by atoms with Crippen molar-refractivity contribution in [1.29, 1.82) is 0 Å². The van der Waals surface area contributed by atoms with Crippen molar-refractivity contribution in [1.82, 2.24) is 0 Å². The molecule has 3 nitrogen and oxygen atoms in total. The molecule has 0 aromatic heterocycles. The topological polar surface area (TPSA) is 57.5 Å². The quantitative estimate of drug-likeness (QED) is 0.824. The molecule has 0 heterocycles. The number of hydrogen-bond acceptors (Lipinski definition) is 2.